The first-order valence-corrected chi connectivity index (χ1v) is 7.84. The maximum atomic E-state index is 5.76. The van der Waals surface area contributed by atoms with Crippen molar-refractivity contribution in [3.63, 3.8) is 0 Å². The Labute approximate surface area is 118 Å². The predicted octanol–water partition coefficient (Wildman–Crippen LogP) is 3.23. The third-order valence-electron chi connectivity index (χ3n) is 3.62. The van der Waals surface area contributed by atoms with Crippen molar-refractivity contribution in [2.75, 3.05) is 18.5 Å². The third kappa shape index (κ3) is 3.56. The van der Waals surface area contributed by atoms with Crippen molar-refractivity contribution in [2.24, 2.45) is 0 Å². The zero-order valence-corrected chi connectivity index (χ0v) is 12.8. The van der Waals surface area contributed by atoms with Crippen molar-refractivity contribution in [3.8, 4) is 0 Å². The van der Waals surface area contributed by atoms with Crippen LogP contribution in [0.2, 0.25) is 0 Å². The zero-order chi connectivity index (χ0) is 13.0. The Kier molecular flexibility index (Phi) is 5.22. The van der Waals surface area contributed by atoms with Crippen LogP contribution in [0.3, 0.4) is 0 Å². The first-order chi connectivity index (χ1) is 8.72. The lowest BCUT2D eigenvalue weighted by atomic mass is 10.1. The number of rotatable bonds is 4. The number of hydrogen-bond donors (Lipinski definition) is 0. The van der Waals surface area contributed by atoms with Gasteiger partial charge in [-0.15, -0.1) is 0 Å². The molecule has 1 heterocycles. The molecule has 1 aromatic rings. The molecule has 2 unspecified atom stereocenters. The number of alkyl halides is 1. The third-order valence-corrected chi connectivity index (χ3v) is 4.35. The van der Waals surface area contributed by atoms with Gasteiger partial charge < -0.3 is 4.74 Å². The lowest BCUT2D eigenvalue weighted by Gasteiger charge is -2.37. The largest absolute Gasteiger partial charge is 0.374 e. The lowest BCUT2D eigenvalue weighted by Crippen LogP contribution is -2.48. The van der Waals surface area contributed by atoms with Crippen LogP contribution in [0.4, 0.5) is 0 Å². The van der Waals surface area contributed by atoms with Crippen molar-refractivity contribution in [3.05, 3.63) is 35.4 Å². The molecule has 1 saturated heterocycles. The van der Waals surface area contributed by atoms with Crippen molar-refractivity contribution in [1.82, 2.24) is 4.90 Å². The fourth-order valence-electron chi connectivity index (χ4n) is 2.30. The van der Waals surface area contributed by atoms with Gasteiger partial charge in [0.05, 0.1) is 12.7 Å². The highest BCUT2D eigenvalue weighted by Gasteiger charge is 2.25. The van der Waals surface area contributed by atoms with E-state index in [1.807, 2.05) is 0 Å². The van der Waals surface area contributed by atoms with Gasteiger partial charge in [0, 0.05) is 24.5 Å². The Morgan fingerprint density at radius 1 is 1.28 bits per heavy atom. The fraction of sp³-hybridized carbons (Fsp3) is 0.600. The molecule has 0 bridgehead atoms. The number of nitrogens with zero attached hydrogens (tertiary/aromatic N) is 1. The number of benzene rings is 1. The van der Waals surface area contributed by atoms with E-state index < -0.39 is 0 Å². The standard InChI is InChI=1S/C15H22BrNO/c1-3-13-4-6-14(7-5-13)9-17-10-15(8-16)18-11-12(17)2/h4-7,12,15H,3,8-11H2,1-2H3. The SMILES string of the molecule is CCc1ccc(CN2CC(CBr)OCC2C)cc1. The summed E-state index contributed by atoms with van der Waals surface area (Å²) in [4.78, 5) is 2.51. The molecule has 0 aliphatic carbocycles. The topological polar surface area (TPSA) is 12.5 Å². The Balaban J connectivity index is 1.97. The van der Waals surface area contributed by atoms with Crippen LogP contribution < -0.4 is 0 Å². The molecule has 0 amide bonds. The van der Waals surface area contributed by atoms with E-state index in [1.54, 1.807) is 0 Å². The lowest BCUT2D eigenvalue weighted by molar-refractivity contribution is -0.0499. The number of hydrogen-bond acceptors (Lipinski definition) is 2. The van der Waals surface area contributed by atoms with E-state index in [2.05, 4.69) is 58.9 Å². The summed E-state index contributed by atoms with van der Waals surface area (Å²) >= 11 is 3.51. The summed E-state index contributed by atoms with van der Waals surface area (Å²) in [5.41, 5.74) is 2.81. The quantitative estimate of drug-likeness (QED) is 0.792. The van der Waals surface area contributed by atoms with Crippen LogP contribution in [0.25, 0.3) is 0 Å². The van der Waals surface area contributed by atoms with Crippen LogP contribution in [-0.4, -0.2) is 35.5 Å². The van der Waals surface area contributed by atoms with Crippen molar-refractivity contribution in [1.29, 1.82) is 0 Å². The predicted molar refractivity (Wildman–Crippen MR) is 79.2 cm³/mol. The Hall–Kier alpha value is -0.380. The summed E-state index contributed by atoms with van der Waals surface area (Å²) in [5, 5.41) is 0.922. The molecule has 0 aromatic heterocycles. The highest BCUT2D eigenvalue weighted by molar-refractivity contribution is 9.09. The molecular weight excluding hydrogens is 290 g/mol. The molecule has 0 saturated carbocycles. The number of ether oxygens (including phenoxy) is 1. The fourth-order valence-corrected chi connectivity index (χ4v) is 2.70. The summed E-state index contributed by atoms with van der Waals surface area (Å²) in [7, 11) is 0. The van der Waals surface area contributed by atoms with Crippen LogP contribution in [0, 0.1) is 0 Å². The van der Waals surface area contributed by atoms with E-state index in [0.29, 0.717) is 12.1 Å². The molecule has 0 radical (unpaired) electrons. The van der Waals surface area contributed by atoms with Gasteiger partial charge in [-0.05, 0) is 24.5 Å². The van der Waals surface area contributed by atoms with Crippen LogP contribution >= 0.6 is 15.9 Å². The molecule has 18 heavy (non-hydrogen) atoms. The molecule has 100 valence electrons. The molecule has 1 aliphatic rings. The summed E-state index contributed by atoms with van der Waals surface area (Å²) in [6.07, 6.45) is 1.44. The van der Waals surface area contributed by atoms with E-state index in [0.717, 1.165) is 31.4 Å². The van der Waals surface area contributed by atoms with E-state index in [4.69, 9.17) is 4.74 Å². The van der Waals surface area contributed by atoms with Crippen molar-refractivity contribution < 1.29 is 4.74 Å². The summed E-state index contributed by atoms with van der Waals surface area (Å²) in [5.74, 6) is 0. The monoisotopic (exact) mass is 311 g/mol. The van der Waals surface area contributed by atoms with Gasteiger partial charge >= 0.3 is 0 Å². The molecule has 0 N–H and O–H groups in total. The van der Waals surface area contributed by atoms with Gasteiger partial charge in [-0.25, -0.2) is 0 Å². The molecule has 1 fully saturated rings. The molecular formula is C15H22BrNO. The minimum Gasteiger partial charge on any atom is -0.374 e. The summed E-state index contributed by atoms with van der Waals surface area (Å²) in [6, 6.07) is 9.49. The van der Waals surface area contributed by atoms with E-state index in [1.165, 1.54) is 11.1 Å². The maximum absolute atomic E-state index is 5.76. The number of halogens is 1. The first-order valence-electron chi connectivity index (χ1n) is 6.72. The average Bonchev–Trinajstić information content (AvgIpc) is 2.42. The highest BCUT2D eigenvalue weighted by Crippen LogP contribution is 2.17. The second-order valence-electron chi connectivity index (χ2n) is 5.06. The van der Waals surface area contributed by atoms with E-state index >= 15 is 0 Å². The van der Waals surface area contributed by atoms with Gasteiger partial charge in [-0.1, -0.05) is 47.1 Å². The van der Waals surface area contributed by atoms with Crippen LogP contribution in [0.5, 0.6) is 0 Å². The van der Waals surface area contributed by atoms with Gasteiger partial charge in [0.1, 0.15) is 0 Å². The zero-order valence-electron chi connectivity index (χ0n) is 11.2. The van der Waals surface area contributed by atoms with Crippen molar-refractivity contribution >= 4 is 15.9 Å². The van der Waals surface area contributed by atoms with Gasteiger partial charge in [-0.3, -0.25) is 4.90 Å². The normalized spacial score (nSPS) is 25.3. The Bertz CT molecular complexity index is 365. The molecule has 2 nitrogen and oxygen atoms in total. The van der Waals surface area contributed by atoms with Crippen LogP contribution in [0.15, 0.2) is 24.3 Å². The van der Waals surface area contributed by atoms with Gasteiger partial charge in [0.2, 0.25) is 0 Å². The Morgan fingerprint density at radius 3 is 2.56 bits per heavy atom. The smallest absolute Gasteiger partial charge is 0.0799 e. The number of morpholine rings is 1. The number of aryl methyl sites for hydroxylation is 1. The van der Waals surface area contributed by atoms with Gasteiger partial charge in [0.25, 0.3) is 0 Å². The van der Waals surface area contributed by atoms with Crippen LogP contribution in [0.1, 0.15) is 25.0 Å². The Morgan fingerprint density at radius 2 is 1.94 bits per heavy atom. The van der Waals surface area contributed by atoms with Crippen LogP contribution in [-0.2, 0) is 17.7 Å². The highest BCUT2D eigenvalue weighted by atomic mass is 79.9. The molecule has 1 aromatic carbocycles. The molecule has 0 spiro atoms. The van der Waals surface area contributed by atoms with E-state index in [-0.39, 0.29) is 0 Å². The second kappa shape index (κ2) is 6.69. The second-order valence-corrected chi connectivity index (χ2v) is 5.71. The minimum absolute atomic E-state index is 0.330. The minimum atomic E-state index is 0.330. The first kappa shape index (κ1) is 14.0. The summed E-state index contributed by atoms with van der Waals surface area (Å²) in [6.45, 7) is 7.31. The molecule has 2 atom stereocenters. The molecule has 2 rings (SSSR count). The van der Waals surface area contributed by atoms with Gasteiger partial charge in [-0.2, -0.15) is 0 Å². The van der Waals surface area contributed by atoms with E-state index in [9.17, 15) is 0 Å². The van der Waals surface area contributed by atoms with Gasteiger partial charge in [0.15, 0.2) is 0 Å². The summed E-state index contributed by atoms with van der Waals surface area (Å²) < 4.78 is 5.76. The van der Waals surface area contributed by atoms with Crippen molar-refractivity contribution in [2.45, 2.75) is 39.0 Å². The maximum Gasteiger partial charge on any atom is 0.0799 e. The molecule has 3 heteroatoms. The molecule has 1 aliphatic heterocycles. The average molecular weight is 312 g/mol.